The van der Waals surface area contributed by atoms with E-state index in [-0.39, 0.29) is 48.9 Å². The van der Waals surface area contributed by atoms with E-state index in [2.05, 4.69) is 5.32 Å². The first-order chi connectivity index (χ1) is 16.8. The summed E-state index contributed by atoms with van der Waals surface area (Å²) in [6, 6.07) is 4.13. The van der Waals surface area contributed by atoms with Gasteiger partial charge in [0.1, 0.15) is 5.75 Å². The van der Waals surface area contributed by atoms with E-state index < -0.39 is 29.9 Å². The van der Waals surface area contributed by atoms with Gasteiger partial charge in [-0.2, -0.15) is 8.78 Å². The van der Waals surface area contributed by atoms with Crippen LogP contribution in [0.4, 0.5) is 19.3 Å². The molecule has 12 heteroatoms. The molecule has 0 saturated carbocycles. The largest absolute Gasteiger partial charge is 0.476 e. The molecular formula is C24H32F2N4O6. The maximum absolute atomic E-state index is 13.6. The fraction of sp³-hybridized carbons (Fsp3) is 0.583. The molecule has 1 saturated heterocycles. The molecule has 0 spiro atoms. The lowest BCUT2D eigenvalue weighted by Gasteiger charge is -2.41. The fourth-order valence-electron chi connectivity index (χ4n) is 4.62. The zero-order chi connectivity index (χ0) is 26.8. The summed E-state index contributed by atoms with van der Waals surface area (Å²) in [7, 11) is 0. The number of ether oxygens (including phenoxy) is 1. The standard InChI is InChI=1S/C24H32F2N4O6/c1-14(2)30(16-6-5-10-28(13-16)23(34)35)21(32)15-7-8-18-17(12-15)29(22(33)24(3,4)36-18)11-9-27-20(31)19(25)26/h7-8,12,14,16,19H,5-6,9-11,13H2,1-4H3,(H,27,31)(H,34,35)/t16-/m1/s1. The molecule has 2 heterocycles. The molecule has 0 radical (unpaired) electrons. The van der Waals surface area contributed by atoms with Crippen molar-refractivity contribution in [2.45, 2.75) is 64.6 Å². The Kier molecular flexibility index (Phi) is 8.05. The topological polar surface area (TPSA) is 119 Å². The van der Waals surface area contributed by atoms with Crippen molar-refractivity contribution in [1.82, 2.24) is 15.1 Å². The number of hydrogen-bond donors (Lipinski definition) is 2. The van der Waals surface area contributed by atoms with Gasteiger partial charge in [0.05, 0.1) is 11.7 Å². The maximum atomic E-state index is 13.6. The minimum Gasteiger partial charge on any atom is -0.476 e. The summed E-state index contributed by atoms with van der Waals surface area (Å²) < 4.78 is 30.9. The van der Waals surface area contributed by atoms with Crippen LogP contribution in [0.15, 0.2) is 18.2 Å². The van der Waals surface area contributed by atoms with E-state index in [9.17, 15) is 33.1 Å². The summed E-state index contributed by atoms with van der Waals surface area (Å²) in [6.07, 6.45) is -2.91. The summed E-state index contributed by atoms with van der Waals surface area (Å²) in [5.41, 5.74) is -0.680. The Morgan fingerprint density at radius 3 is 2.58 bits per heavy atom. The van der Waals surface area contributed by atoms with Crippen LogP contribution >= 0.6 is 0 Å². The third kappa shape index (κ3) is 5.68. The van der Waals surface area contributed by atoms with Crippen LogP contribution in [-0.4, -0.2) is 89.0 Å². The molecular weight excluding hydrogens is 478 g/mol. The number of alkyl halides is 2. The van der Waals surface area contributed by atoms with Crippen LogP contribution in [0.3, 0.4) is 0 Å². The van der Waals surface area contributed by atoms with Crippen molar-refractivity contribution >= 4 is 29.5 Å². The number of carbonyl (C=O) groups excluding carboxylic acids is 3. The molecule has 3 rings (SSSR count). The molecule has 1 aromatic carbocycles. The average Bonchev–Trinajstić information content (AvgIpc) is 2.80. The van der Waals surface area contributed by atoms with Gasteiger partial charge in [0, 0.05) is 37.8 Å². The highest BCUT2D eigenvalue weighted by molar-refractivity contribution is 6.04. The number of fused-ring (bicyclic) bond motifs is 1. The van der Waals surface area contributed by atoms with Gasteiger partial charge in [-0.25, -0.2) is 4.79 Å². The summed E-state index contributed by atoms with van der Waals surface area (Å²) in [6.45, 7) is 7.14. The SMILES string of the molecule is CC(C)N(C(=O)c1ccc2c(c1)N(CCNC(=O)C(F)F)C(=O)C(C)(C)O2)[C@@H]1CCCN(C(=O)O)C1. The van der Waals surface area contributed by atoms with Crippen LogP contribution < -0.4 is 15.0 Å². The lowest BCUT2D eigenvalue weighted by molar-refractivity contribution is -0.133. The number of carbonyl (C=O) groups is 4. The van der Waals surface area contributed by atoms with Gasteiger partial charge in [0.2, 0.25) is 0 Å². The molecule has 2 aliphatic rings. The van der Waals surface area contributed by atoms with Crippen LogP contribution in [-0.2, 0) is 9.59 Å². The second-order valence-electron chi connectivity index (χ2n) is 9.67. The zero-order valence-corrected chi connectivity index (χ0v) is 20.8. The van der Waals surface area contributed by atoms with Crippen molar-refractivity contribution in [2.24, 2.45) is 0 Å². The normalized spacial score (nSPS) is 19.1. The van der Waals surface area contributed by atoms with Crippen molar-refractivity contribution < 1.29 is 37.8 Å². The smallest absolute Gasteiger partial charge is 0.407 e. The summed E-state index contributed by atoms with van der Waals surface area (Å²) in [5.74, 6) is -1.87. The van der Waals surface area contributed by atoms with Crippen molar-refractivity contribution in [3.63, 3.8) is 0 Å². The average molecular weight is 511 g/mol. The first-order valence-electron chi connectivity index (χ1n) is 11.8. The minimum absolute atomic E-state index is 0.0984. The lowest BCUT2D eigenvalue weighted by Crippen LogP contribution is -2.54. The number of hydrogen-bond acceptors (Lipinski definition) is 5. The minimum atomic E-state index is -3.17. The van der Waals surface area contributed by atoms with Crippen molar-refractivity contribution in [2.75, 3.05) is 31.1 Å². The number of amides is 4. The van der Waals surface area contributed by atoms with Crippen LogP contribution in [0.5, 0.6) is 5.75 Å². The molecule has 198 valence electrons. The molecule has 36 heavy (non-hydrogen) atoms. The predicted octanol–water partition coefficient (Wildman–Crippen LogP) is 2.56. The van der Waals surface area contributed by atoms with Crippen LogP contribution in [0.1, 0.15) is 50.9 Å². The number of piperidine rings is 1. The highest BCUT2D eigenvalue weighted by Gasteiger charge is 2.41. The molecule has 0 bridgehead atoms. The summed E-state index contributed by atoms with van der Waals surface area (Å²) in [4.78, 5) is 53.7. The number of carboxylic acid groups (broad SMARTS) is 1. The Hall–Kier alpha value is -3.44. The highest BCUT2D eigenvalue weighted by Crippen LogP contribution is 2.38. The molecule has 0 aliphatic carbocycles. The molecule has 0 unspecified atom stereocenters. The van der Waals surface area contributed by atoms with E-state index in [1.165, 1.54) is 15.9 Å². The quantitative estimate of drug-likeness (QED) is 0.582. The first-order valence-corrected chi connectivity index (χ1v) is 11.8. The first kappa shape index (κ1) is 27.2. The number of benzene rings is 1. The number of halogens is 2. The van der Waals surface area contributed by atoms with E-state index in [0.29, 0.717) is 25.1 Å². The molecule has 1 fully saturated rings. The van der Waals surface area contributed by atoms with Crippen molar-refractivity contribution in [3.8, 4) is 5.75 Å². The molecule has 4 amide bonds. The van der Waals surface area contributed by atoms with Gasteiger partial charge in [0.25, 0.3) is 17.7 Å². The van der Waals surface area contributed by atoms with Crippen molar-refractivity contribution in [1.29, 1.82) is 0 Å². The van der Waals surface area contributed by atoms with E-state index in [1.807, 2.05) is 13.8 Å². The number of nitrogens with one attached hydrogen (secondary N) is 1. The Morgan fingerprint density at radius 1 is 1.28 bits per heavy atom. The van der Waals surface area contributed by atoms with Gasteiger partial charge in [0.15, 0.2) is 5.60 Å². The third-order valence-electron chi connectivity index (χ3n) is 6.31. The van der Waals surface area contributed by atoms with Crippen molar-refractivity contribution in [3.05, 3.63) is 23.8 Å². The third-order valence-corrected chi connectivity index (χ3v) is 6.31. The Morgan fingerprint density at radius 2 is 1.97 bits per heavy atom. The summed E-state index contributed by atoms with van der Waals surface area (Å²) >= 11 is 0. The van der Waals surface area contributed by atoms with Gasteiger partial charge >= 0.3 is 12.5 Å². The van der Waals surface area contributed by atoms with Crippen LogP contribution in [0.25, 0.3) is 0 Å². The predicted molar refractivity (Wildman–Crippen MR) is 126 cm³/mol. The molecule has 1 aromatic rings. The Balaban J connectivity index is 1.89. The molecule has 0 aromatic heterocycles. The monoisotopic (exact) mass is 510 g/mol. The number of rotatable bonds is 7. The maximum Gasteiger partial charge on any atom is 0.407 e. The molecule has 1 atom stereocenters. The lowest BCUT2D eigenvalue weighted by atomic mass is 9.99. The van der Waals surface area contributed by atoms with E-state index in [0.717, 1.165) is 0 Å². The zero-order valence-electron chi connectivity index (χ0n) is 20.8. The van der Waals surface area contributed by atoms with Gasteiger partial charge in [-0.05, 0) is 58.7 Å². The highest BCUT2D eigenvalue weighted by atomic mass is 19.3. The summed E-state index contributed by atoms with van der Waals surface area (Å²) in [5, 5.41) is 11.5. The van der Waals surface area contributed by atoms with E-state index >= 15 is 0 Å². The second kappa shape index (κ2) is 10.7. The Bertz CT molecular complexity index is 1030. The van der Waals surface area contributed by atoms with Crippen LogP contribution in [0.2, 0.25) is 0 Å². The second-order valence-corrected chi connectivity index (χ2v) is 9.67. The van der Waals surface area contributed by atoms with Gasteiger partial charge < -0.3 is 29.9 Å². The number of anilines is 1. The fourth-order valence-corrected chi connectivity index (χ4v) is 4.62. The van der Waals surface area contributed by atoms with Gasteiger partial charge in [-0.15, -0.1) is 0 Å². The Labute approximate surface area is 208 Å². The van der Waals surface area contributed by atoms with E-state index in [1.54, 1.807) is 30.9 Å². The molecule has 2 aliphatic heterocycles. The van der Waals surface area contributed by atoms with Gasteiger partial charge in [-0.3, -0.25) is 14.4 Å². The number of nitrogens with zero attached hydrogens (tertiary/aromatic N) is 3. The number of likely N-dealkylation sites (tertiary alicyclic amines) is 1. The molecule has 10 nitrogen and oxygen atoms in total. The van der Waals surface area contributed by atoms with Gasteiger partial charge in [-0.1, -0.05) is 0 Å². The van der Waals surface area contributed by atoms with Crippen LogP contribution in [0, 0.1) is 0 Å². The molecule has 2 N–H and O–H groups in total. The van der Waals surface area contributed by atoms with E-state index in [4.69, 9.17) is 4.74 Å².